The lowest BCUT2D eigenvalue weighted by Gasteiger charge is -2.32. The number of benzene rings is 1. The third-order valence-electron chi connectivity index (χ3n) is 5.45. The van der Waals surface area contributed by atoms with Crippen LogP contribution in [-0.4, -0.2) is 54.4 Å². The zero-order valence-corrected chi connectivity index (χ0v) is 15.7. The fourth-order valence-electron chi connectivity index (χ4n) is 3.83. The van der Waals surface area contributed by atoms with Crippen LogP contribution in [0.1, 0.15) is 53.3 Å². The van der Waals surface area contributed by atoms with E-state index in [1.54, 1.807) is 19.1 Å². The Hall–Kier alpha value is -3.03. The summed E-state index contributed by atoms with van der Waals surface area (Å²) in [4.78, 5) is 61.9. The summed E-state index contributed by atoms with van der Waals surface area (Å²) in [6.45, 7) is 3.02. The first kappa shape index (κ1) is 19.7. The van der Waals surface area contributed by atoms with Crippen LogP contribution in [0.4, 0.5) is 5.69 Å². The van der Waals surface area contributed by atoms with E-state index in [1.165, 1.54) is 4.90 Å². The standard InChI is InChI=1S/C20H23N3O5/c1-13(5-6-17(26)21-12-25)23-19(27)15-3-2-4-16(18(15)20(23)28)22-9-7-14(11-24)8-10-22/h2-4,11-14H,5-10H2,1H3,(H,21,25,26). The third kappa shape index (κ3) is 3.67. The third-order valence-corrected chi connectivity index (χ3v) is 5.45. The largest absolute Gasteiger partial charge is 0.371 e. The van der Waals surface area contributed by atoms with E-state index in [9.17, 15) is 24.0 Å². The van der Waals surface area contributed by atoms with E-state index in [2.05, 4.69) is 10.2 Å². The summed E-state index contributed by atoms with van der Waals surface area (Å²) in [7, 11) is 0. The second-order valence-corrected chi connectivity index (χ2v) is 7.21. The van der Waals surface area contributed by atoms with Crippen LogP contribution in [0.25, 0.3) is 0 Å². The number of nitrogens with zero attached hydrogens (tertiary/aromatic N) is 2. The van der Waals surface area contributed by atoms with Gasteiger partial charge in [-0.2, -0.15) is 0 Å². The van der Waals surface area contributed by atoms with Gasteiger partial charge in [0.25, 0.3) is 11.8 Å². The number of rotatable bonds is 7. The molecule has 3 rings (SSSR count). The molecule has 1 fully saturated rings. The first-order valence-electron chi connectivity index (χ1n) is 9.42. The van der Waals surface area contributed by atoms with Gasteiger partial charge in [0, 0.05) is 31.5 Å². The average Bonchev–Trinajstić information content (AvgIpc) is 2.97. The lowest BCUT2D eigenvalue weighted by Crippen LogP contribution is -2.39. The van der Waals surface area contributed by atoms with Gasteiger partial charge in [-0.1, -0.05) is 6.07 Å². The number of amides is 4. The second kappa shape index (κ2) is 8.33. The van der Waals surface area contributed by atoms with Gasteiger partial charge in [-0.15, -0.1) is 0 Å². The molecule has 8 nitrogen and oxygen atoms in total. The van der Waals surface area contributed by atoms with Gasteiger partial charge in [-0.3, -0.25) is 29.4 Å². The van der Waals surface area contributed by atoms with Crippen molar-refractivity contribution in [1.29, 1.82) is 0 Å². The highest BCUT2D eigenvalue weighted by Gasteiger charge is 2.41. The molecule has 1 unspecified atom stereocenters. The molecule has 1 N–H and O–H groups in total. The van der Waals surface area contributed by atoms with E-state index in [0.717, 1.165) is 19.1 Å². The quantitative estimate of drug-likeness (QED) is 0.558. The second-order valence-electron chi connectivity index (χ2n) is 7.21. The Morgan fingerprint density at radius 2 is 1.93 bits per heavy atom. The number of aldehydes is 1. The highest BCUT2D eigenvalue weighted by molar-refractivity contribution is 6.24. The Labute approximate surface area is 162 Å². The number of carbonyl (C=O) groups excluding carboxylic acids is 5. The van der Waals surface area contributed by atoms with Gasteiger partial charge < -0.3 is 9.69 Å². The van der Waals surface area contributed by atoms with Gasteiger partial charge in [-0.05, 0) is 38.3 Å². The summed E-state index contributed by atoms with van der Waals surface area (Å²) < 4.78 is 0. The number of carbonyl (C=O) groups is 5. The Morgan fingerprint density at radius 3 is 2.57 bits per heavy atom. The molecule has 0 spiro atoms. The molecule has 2 heterocycles. The maximum Gasteiger partial charge on any atom is 0.263 e. The first-order chi connectivity index (χ1) is 13.5. The maximum absolute atomic E-state index is 13.1. The van der Waals surface area contributed by atoms with Gasteiger partial charge in [-0.25, -0.2) is 0 Å². The molecule has 2 aliphatic rings. The fourth-order valence-corrected chi connectivity index (χ4v) is 3.83. The predicted octanol–water partition coefficient (Wildman–Crippen LogP) is 1.14. The van der Waals surface area contributed by atoms with Gasteiger partial charge in [0.2, 0.25) is 12.3 Å². The smallest absolute Gasteiger partial charge is 0.263 e. The zero-order chi connectivity index (χ0) is 20.3. The molecule has 0 aromatic heterocycles. The molecule has 8 heteroatoms. The van der Waals surface area contributed by atoms with Crippen LogP contribution >= 0.6 is 0 Å². The number of fused-ring (bicyclic) bond motifs is 1. The number of hydrogen-bond donors (Lipinski definition) is 1. The molecule has 2 aliphatic heterocycles. The molecule has 28 heavy (non-hydrogen) atoms. The monoisotopic (exact) mass is 385 g/mol. The van der Waals surface area contributed by atoms with Crippen LogP contribution in [-0.2, 0) is 14.4 Å². The Kier molecular flexibility index (Phi) is 5.87. The van der Waals surface area contributed by atoms with E-state index in [0.29, 0.717) is 36.3 Å². The molecule has 0 saturated carbocycles. The Bertz CT molecular complexity index is 814. The number of anilines is 1. The topological polar surface area (TPSA) is 104 Å². The van der Waals surface area contributed by atoms with E-state index in [1.807, 2.05) is 6.07 Å². The molecule has 0 radical (unpaired) electrons. The van der Waals surface area contributed by atoms with Crippen molar-refractivity contribution >= 4 is 36.1 Å². The molecule has 1 aromatic rings. The van der Waals surface area contributed by atoms with Crippen LogP contribution in [0.2, 0.25) is 0 Å². The molecule has 4 amide bonds. The van der Waals surface area contributed by atoms with Crippen molar-refractivity contribution in [1.82, 2.24) is 10.2 Å². The Balaban J connectivity index is 1.79. The predicted molar refractivity (Wildman–Crippen MR) is 101 cm³/mol. The van der Waals surface area contributed by atoms with E-state index >= 15 is 0 Å². The van der Waals surface area contributed by atoms with Crippen LogP contribution in [0.3, 0.4) is 0 Å². The summed E-state index contributed by atoms with van der Waals surface area (Å²) in [5, 5.41) is 2.05. The van der Waals surface area contributed by atoms with Crippen LogP contribution < -0.4 is 10.2 Å². The zero-order valence-electron chi connectivity index (χ0n) is 15.7. The molecule has 1 atom stereocenters. The van der Waals surface area contributed by atoms with E-state index in [-0.39, 0.29) is 30.6 Å². The first-order valence-corrected chi connectivity index (χ1v) is 9.42. The van der Waals surface area contributed by atoms with E-state index in [4.69, 9.17) is 0 Å². The summed E-state index contributed by atoms with van der Waals surface area (Å²) in [5.41, 5.74) is 1.47. The van der Waals surface area contributed by atoms with Gasteiger partial charge >= 0.3 is 0 Å². The van der Waals surface area contributed by atoms with Crippen molar-refractivity contribution in [2.24, 2.45) is 5.92 Å². The summed E-state index contributed by atoms with van der Waals surface area (Å²) >= 11 is 0. The Morgan fingerprint density at radius 1 is 1.21 bits per heavy atom. The summed E-state index contributed by atoms with van der Waals surface area (Å²) in [6.07, 6.45) is 3.05. The van der Waals surface area contributed by atoms with Crippen LogP contribution in [0, 0.1) is 5.92 Å². The van der Waals surface area contributed by atoms with Crippen LogP contribution in [0.5, 0.6) is 0 Å². The molecule has 148 valence electrons. The highest BCUT2D eigenvalue weighted by atomic mass is 16.2. The van der Waals surface area contributed by atoms with Crippen molar-refractivity contribution in [3.63, 3.8) is 0 Å². The average molecular weight is 385 g/mol. The maximum atomic E-state index is 13.1. The van der Waals surface area contributed by atoms with Crippen molar-refractivity contribution in [3.8, 4) is 0 Å². The number of imide groups is 2. The van der Waals surface area contributed by atoms with Gasteiger partial charge in [0.05, 0.1) is 16.8 Å². The SMILES string of the molecule is CC(CCC(=O)NC=O)N1C(=O)c2cccc(N3CCC(C=O)CC3)c2C1=O. The molecule has 0 bridgehead atoms. The molecular formula is C20H23N3O5. The lowest BCUT2D eigenvalue weighted by atomic mass is 9.97. The van der Waals surface area contributed by atoms with Crippen molar-refractivity contribution in [2.45, 2.75) is 38.6 Å². The number of piperidine rings is 1. The minimum Gasteiger partial charge on any atom is -0.371 e. The minimum atomic E-state index is -0.474. The molecular weight excluding hydrogens is 362 g/mol. The number of nitrogens with one attached hydrogen (secondary N) is 1. The fraction of sp³-hybridized carbons (Fsp3) is 0.450. The summed E-state index contributed by atoms with van der Waals surface area (Å²) in [5.74, 6) is -1.14. The lowest BCUT2D eigenvalue weighted by molar-refractivity contribution is -0.125. The highest BCUT2D eigenvalue weighted by Crippen LogP contribution is 2.35. The van der Waals surface area contributed by atoms with Crippen LogP contribution in [0.15, 0.2) is 18.2 Å². The molecule has 1 saturated heterocycles. The number of hydrogen-bond acceptors (Lipinski definition) is 6. The molecule has 1 aromatic carbocycles. The van der Waals surface area contributed by atoms with Crippen molar-refractivity contribution in [3.05, 3.63) is 29.3 Å². The molecule has 0 aliphatic carbocycles. The van der Waals surface area contributed by atoms with Gasteiger partial charge in [0.15, 0.2) is 0 Å². The van der Waals surface area contributed by atoms with Crippen molar-refractivity contribution in [2.75, 3.05) is 18.0 Å². The summed E-state index contributed by atoms with van der Waals surface area (Å²) in [6, 6.07) is 4.76. The van der Waals surface area contributed by atoms with Gasteiger partial charge in [0.1, 0.15) is 6.29 Å². The minimum absolute atomic E-state index is 0.0410. The normalized spacial score (nSPS) is 18.0. The van der Waals surface area contributed by atoms with Crippen molar-refractivity contribution < 1.29 is 24.0 Å². The van der Waals surface area contributed by atoms with E-state index < -0.39 is 11.9 Å².